The lowest BCUT2D eigenvalue weighted by Crippen LogP contribution is -2.37. The maximum atomic E-state index is 11.4. The molecular weight excluding hydrogens is 260 g/mol. The Bertz CT molecular complexity index is 442. The SMILES string of the molecule is COC(=O)C(Oc1ccc(Cl)cc1C)C(=O)OC. The molecule has 0 heterocycles. The van der Waals surface area contributed by atoms with Gasteiger partial charge in [0.05, 0.1) is 14.2 Å². The number of benzene rings is 1. The first kappa shape index (κ1) is 14.3. The standard InChI is InChI=1S/C12H13ClO5/c1-7-6-8(13)4-5-9(7)18-10(11(14)16-2)12(15)17-3/h4-6,10H,1-3H3. The van der Waals surface area contributed by atoms with Gasteiger partial charge in [0.15, 0.2) is 0 Å². The fourth-order valence-electron chi connectivity index (χ4n) is 1.28. The van der Waals surface area contributed by atoms with Crippen molar-refractivity contribution in [2.24, 2.45) is 0 Å². The number of hydrogen-bond acceptors (Lipinski definition) is 5. The molecule has 18 heavy (non-hydrogen) atoms. The maximum absolute atomic E-state index is 11.4. The van der Waals surface area contributed by atoms with Crippen molar-refractivity contribution in [3.05, 3.63) is 28.8 Å². The van der Waals surface area contributed by atoms with E-state index in [1.165, 1.54) is 0 Å². The summed E-state index contributed by atoms with van der Waals surface area (Å²) in [6.45, 7) is 1.74. The minimum Gasteiger partial charge on any atom is -0.467 e. The van der Waals surface area contributed by atoms with Crippen molar-refractivity contribution in [1.82, 2.24) is 0 Å². The molecular formula is C12H13ClO5. The molecule has 0 amide bonds. The minimum absolute atomic E-state index is 0.361. The second-order valence-corrected chi connectivity index (χ2v) is 3.89. The molecule has 0 fully saturated rings. The highest BCUT2D eigenvalue weighted by molar-refractivity contribution is 6.30. The Hall–Kier alpha value is -1.75. The zero-order chi connectivity index (χ0) is 13.7. The van der Waals surface area contributed by atoms with E-state index in [0.29, 0.717) is 16.3 Å². The lowest BCUT2D eigenvalue weighted by molar-refractivity contribution is -0.163. The van der Waals surface area contributed by atoms with E-state index in [1.807, 2.05) is 0 Å². The van der Waals surface area contributed by atoms with Crippen LogP contribution >= 0.6 is 11.6 Å². The quantitative estimate of drug-likeness (QED) is 0.617. The van der Waals surface area contributed by atoms with Gasteiger partial charge in [0.1, 0.15) is 5.75 Å². The van der Waals surface area contributed by atoms with Gasteiger partial charge in [-0.3, -0.25) is 0 Å². The van der Waals surface area contributed by atoms with Crippen LogP contribution in [-0.4, -0.2) is 32.3 Å². The summed E-state index contributed by atoms with van der Waals surface area (Å²) in [4.78, 5) is 22.8. The normalized spacial score (nSPS) is 10.1. The van der Waals surface area contributed by atoms with E-state index in [1.54, 1.807) is 25.1 Å². The first-order valence-corrected chi connectivity index (χ1v) is 5.46. The molecule has 0 spiro atoms. The van der Waals surface area contributed by atoms with E-state index in [0.717, 1.165) is 14.2 Å². The summed E-state index contributed by atoms with van der Waals surface area (Å²) in [7, 11) is 2.33. The van der Waals surface area contributed by atoms with Crippen molar-refractivity contribution in [2.45, 2.75) is 13.0 Å². The first-order valence-electron chi connectivity index (χ1n) is 5.08. The van der Waals surface area contributed by atoms with Gasteiger partial charge in [-0.1, -0.05) is 11.6 Å². The Morgan fingerprint density at radius 3 is 2.17 bits per heavy atom. The molecule has 1 aromatic carbocycles. The van der Waals surface area contributed by atoms with Gasteiger partial charge < -0.3 is 14.2 Å². The van der Waals surface area contributed by atoms with Crippen LogP contribution in [0, 0.1) is 6.92 Å². The van der Waals surface area contributed by atoms with E-state index < -0.39 is 18.0 Å². The zero-order valence-corrected chi connectivity index (χ0v) is 11.0. The van der Waals surface area contributed by atoms with Crippen LogP contribution in [0.3, 0.4) is 0 Å². The van der Waals surface area contributed by atoms with Gasteiger partial charge in [-0.2, -0.15) is 0 Å². The van der Waals surface area contributed by atoms with Crippen LogP contribution in [0.1, 0.15) is 5.56 Å². The van der Waals surface area contributed by atoms with Gasteiger partial charge >= 0.3 is 11.9 Å². The third kappa shape index (κ3) is 3.37. The topological polar surface area (TPSA) is 61.8 Å². The van der Waals surface area contributed by atoms with Crippen molar-refractivity contribution in [3.63, 3.8) is 0 Å². The monoisotopic (exact) mass is 272 g/mol. The highest BCUT2D eigenvalue weighted by Crippen LogP contribution is 2.23. The van der Waals surface area contributed by atoms with E-state index >= 15 is 0 Å². The van der Waals surface area contributed by atoms with Crippen molar-refractivity contribution in [2.75, 3.05) is 14.2 Å². The summed E-state index contributed by atoms with van der Waals surface area (Å²) in [6, 6.07) is 4.81. The molecule has 0 bridgehead atoms. The lowest BCUT2D eigenvalue weighted by atomic mass is 10.2. The molecule has 5 nitrogen and oxygen atoms in total. The predicted octanol–water partition coefficient (Wildman–Crippen LogP) is 1.74. The Morgan fingerprint density at radius 1 is 1.17 bits per heavy atom. The molecule has 1 rings (SSSR count). The van der Waals surface area contributed by atoms with Crippen LogP contribution < -0.4 is 4.74 Å². The second kappa shape index (κ2) is 6.26. The molecule has 0 aliphatic carbocycles. The van der Waals surface area contributed by atoms with Crippen molar-refractivity contribution in [3.8, 4) is 5.75 Å². The number of carbonyl (C=O) groups is 2. The average Bonchev–Trinajstić information content (AvgIpc) is 2.36. The summed E-state index contributed by atoms with van der Waals surface area (Å²) >= 11 is 5.79. The summed E-state index contributed by atoms with van der Waals surface area (Å²) < 4.78 is 14.3. The minimum atomic E-state index is -1.44. The molecule has 1 aromatic rings. The fourth-order valence-corrected chi connectivity index (χ4v) is 1.51. The number of esters is 2. The van der Waals surface area contributed by atoms with Gasteiger partial charge in [-0.05, 0) is 30.7 Å². The van der Waals surface area contributed by atoms with Crippen LogP contribution in [0.15, 0.2) is 18.2 Å². The Kier molecular flexibility index (Phi) is 4.97. The predicted molar refractivity (Wildman–Crippen MR) is 64.6 cm³/mol. The summed E-state index contributed by atoms with van der Waals surface area (Å²) in [5.41, 5.74) is 0.695. The molecule has 0 saturated carbocycles. The van der Waals surface area contributed by atoms with Gasteiger partial charge in [0, 0.05) is 5.02 Å². The largest absolute Gasteiger partial charge is 0.467 e. The number of halogens is 1. The smallest absolute Gasteiger partial charge is 0.359 e. The molecule has 0 aliphatic heterocycles. The molecule has 0 unspecified atom stereocenters. The molecule has 0 radical (unpaired) electrons. The number of ether oxygens (including phenoxy) is 3. The van der Waals surface area contributed by atoms with Gasteiger partial charge in [0.25, 0.3) is 6.10 Å². The summed E-state index contributed by atoms with van der Waals surface area (Å²) in [6.07, 6.45) is -1.44. The van der Waals surface area contributed by atoms with Crippen LogP contribution in [0.4, 0.5) is 0 Å². The van der Waals surface area contributed by atoms with Crippen LogP contribution in [0.25, 0.3) is 0 Å². The van der Waals surface area contributed by atoms with Crippen LogP contribution in [-0.2, 0) is 19.1 Å². The molecule has 0 atom stereocenters. The van der Waals surface area contributed by atoms with Crippen LogP contribution in [0.2, 0.25) is 5.02 Å². The van der Waals surface area contributed by atoms with Crippen LogP contribution in [0.5, 0.6) is 5.75 Å². The molecule has 0 aromatic heterocycles. The number of rotatable bonds is 4. The second-order valence-electron chi connectivity index (χ2n) is 3.45. The fraction of sp³-hybridized carbons (Fsp3) is 0.333. The number of hydrogen-bond donors (Lipinski definition) is 0. The van der Waals surface area contributed by atoms with Gasteiger partial charge in [-0.25, -0.2) is 9.59 Å². The summed E-state index contributed by atoms with van der Waals surface area (Å²) in [5.74, 6) is -1.28. The third-order valence-corrected chi connectivity index (χ3v) is 2.45. The molecule has 6 heteroatoms. The molecule has 0 aliphatic rings. The van der Waals surface area contributed by atoms with E-state index in [-0.39, 0.29) is 0 Å². The molecule has 0 N–H and O–H groups in total. The Labute approximate surface area is 110 Å². The first-order chi connectivity index (χ1) is 8.49. The van der Waals surface area contributed by atoms with E-state index in [9.17, 15) is 9.59 Å². The van der Waals surface area contributed by atoms with Crippen molar-refractivity contribution in [1.29, 1.82) is 0 Å². The lowest BCUT2D eigenvalue weighted by Gasteiger charge is -2.16. The molecule has 0 saturated heterocycles. The highest BCUT2D eigenvalue weighted by Gasteiger charge is 2.31. The molecule has 98 valence electrons. The van der Waals surface area contributed by atoms with E-state index in [4.69, 9.17) is 16.3 Å². The number of methoxy groups -OCH3 is 2. The zero-order valence-electron chi connectivity index (χ0n) is 10.2. The van der Waals surface area contributed by atoms with Crippen molar-refractivity contribution >= 4 is 23.5 Å². The summed E-state index contributed by atoms with van der Waals surface area (Å²) in [5, 5.41) is 0.535. The van der Waals surface area contributed by atoms with Gasteiger partial charge in [-0.15, -0.1) is 0 Å². The average molecular weight is 273 g/mol. The highest BCUT2D eigenvalue weighted by atomic mass is 35.5. The number of aryl methyl sites for hydroxylation is 1. The van der Waals surface area contributed by atoms with E-state index in [2.05, 4.69) is 9.47 Å². The Balaban J connectivity index is 2.96. The van der Waals surface area contributed by atoms with Crippen molar-refractivity contribution < 1.29 is 23.8 Å². The number of carbonyl (C=O) groups excluding carboxylic acids is 2. The van der Waals surface area contributed by atoms with Gasteiger partial charge in [0.2, 0.25) is 0 Å². The Morgan fingerprint density at radius 2 is 1.72 bits per heavy atom. The third-order valence-electron chi connectivity index (χ3n) is 2.21. The maximum Gasteiger partial charge on any atom is 0.359 e.